The Morgan fingerprint density at radius 2 is 2.15 bits per heavy atom. The highest BCUT2D eigenvalue weighted by Gasteiger charge is 2.35. The summed E-state index contributed by atoms with van der Waals surface area (Å²) in [5.41, 5.74) is 0.330. The molecule has 1 aliphatic heterocycles. The van der Waals surface area contributed by atoms with Crippen LogP contribution >= 0.6 is 0 Å². The number of sulfonamides is 1. The van der Waals surface area contributed by atoms with Crippen LogP contribution in [0.25, 0.3) is 11.4 Å². The molecule has 0 radical (unpaired) electrons. The number of hydrogen-bond donors (Lipinski definition) is 0. The zero-order valence-corrected chi connectivity index (χ0v) is 15.7. The van der Waals surface area contributed by atoms with Gasteiger partial charge in [-0.15, -0.1) is 0 Å². The molecule has 0 amide bonds. The lowest BCUT2D eigenvalue weighted by Gasteiger charge is -2.22. The smallest absolute Gasteiger partial charge is 0.214 e. The van der Waals surface area contributed by atoms with Gasteiger partial charge in [-0.3, -0.25) is 0 Å². The Morgan fingerprint density at radius 3 is 2.81 bits per heavy atom. The molecular formula is C17H22FN3O4S. The van der Waals surface area contributed by atoms with Crippen LogP contribution in [0.4, 0.5) is 4.39 Å². The van der Waals surface area contributed by atoms with E-state index in [4.69, 9.17) is 9.47 Å². The first-order valence-corrected chi connectivity index (χ1v) is 9.79. The summed E-state index contributed by atoms with van der Waals surface area (Å²) in [4.78, 5) is 4.28. The van der Waals surface area contributed by atoms with E-state index in [2.05, 4.69) is 4.98 Å². The van der Waals surface area contributed by atoms with Crippen molar-refractivity contribution >= 4 is 10.0 Å². The maximum Gasteiger partial charge on any atom is 0.214 e. The fraction of sp³-hybridized carbons (Fsp3) is 0.471. The van der Waals surface area contributed by atoms with Crippen molar-refractivity contribution in [1.82, 2.24) is 13.9 Å². The molecule has 142 valence electrons. The third kappa shape index (κ3) is 3.60. The van der Waals surface area contributed by atoms with E-state index in [1.165, 1.54) is 31.6 Å². The maximum absolute atomic E-state index is 14.5. The number of ether oxygens (including phenoxy) is 2. The van der Waals surface area contributed by atoms with Crippen molar-refractivity contribution in [2.24, 2.45) is 5.92 Å². The van der Waals surface area contributed by atoms with E-state index >= 15 is 0 Å². The largest absolute Gasteiger partial charge is 0.497 e. The van der Waals surface area contributed by atoms with Crippen LogP contribution in [0, 0.1) is 11.7 Å². The Bertz CT molecular complexity index is 882. The lowest BCUT2D eigenvalue weighted by atomic mass is 10.1. The fourth-order valence-corrected chi connectivity index (χ4v) is 4.22. The minimum atomic E-state index is -3.37. The van der Waals surface area contributed by atoms with Gasteiger partial charge >= 0.3 is 0 Å². The second-order valence-electron chi connectivity index (χ2n) is 6.43. The first-order valence-electron chi connectivity index (χ1n) is 8.18. The Morgan fingerprint density at radius 1 is 1.38 bits per heavy atom. The summed E-state index contributed by atoms with van der Waals surface area (Å²) in [6, 6.07) is 4.34. The van der Waals surface area contributed by atoms with Crippen molar-refractivity contribution < 1.29 is 22.3 Å². The van der Waals surface area contributed by atoms with Gasteiger partial charge in [-0.25, -0.2) is 22.1 Å². The molecule has 0 unspecified atom stereocenters. The van der Waals surface area contributed by atoms with Crippen LogP contribution in [0.2, 0.25) is 0 Å². The lowest BCUT2D eigenvalue weighted by Crippen LogP contribution is -2.32. The molecule has 3 rings (SSSR count). The summed E-state index contributed by atoms with van der Waals surface area (Å²) in [7, 11) is 1.12. The van der Waals surface area contributed by atoms with Crippen LogP contribution in [0.15, 0.2) is 30.6 Å². The average Bonchev–Trinajstić information content (AvgIpc) is 3.22. The molecule has 2 atom stereocenters. The Labute approximate surface area is 152 Å². The first-order chi connectivity index (χ1) is 12.3. The predicted octanol–water partition coefficient (Wildman–Crippen LogP) is 1.78. The number of nitrogens with zero attached hydrogens (tertiary/aromatic N) is 3. The summed E-state index contributed by atoms with van der Waals surface area (Å²) in [5.74, 6) is 0.133. The van der Waals surface area contributed by atoms with Crippen molar-refractivity contribution in [2.45, 2.75) is 6.04 Å². The summed E-state index contributed by atoms with van der Waals surface area (Å²) in [6.07, 6.45) is 3.31. The van der Waals surface area contributed by atoms with Gasteiger partial charge in [-0.05, 0) is 12.1 Å². The Balaban J connectivity index is 1.93. The molecule has 0 N–H and O–H groups in total. The molecule has 1 aromatic heterocycles. The molecule has 26 heavy (non-hydrogen) atoms. The number of aromatic nitrogens is 2. The maximum atomic E-state index is 14.5. The minimum Gasteiger partial charge on any atom is -0.497 e. The molecule has 1 aliphatic rings. The second kappa shape index (κ2) is 7.34. The van der Waals surface area contributed by atoms with Crippen LogP contribution < -0.4 is 4.74 Å². The highest BCUT2D eigenvalue weighted by atomic mass is 32.2. The van der Waals surface area contributed by atoms with Crippen LogP contribution in [0.3, 0.4) is 0 Å². The van der Waals surface area contributed by atoms with Gasteiger partial charge in [-0.1, -0.05) is 0 Å². The zero-order valence-electron chi connectivity index (χ0n) is 14.9. The minimum absolute atomic E-state index is 0.0343. The van der Waals surface area contributed by atoms with E-state index in [1.807, 2.05) is 0 Å². The van der Waals surface area contributed by atoms with E-state index < -0.39 is 15.8 Å². The number of imidazole rings is 1. The topological polar surface area (TPSA) is 73.7 Å². The molecule has 2 heterocycles. The number of hydrogen-bond acceptors (Lipinski definition) is 5. The SMILES string of the molecule is COc1ccc(-c2nccn2[C@@H]2COC[C@@H]2CS(=O)(=O)N(C)C)c(F)c1. The number of benzene rings is 1. The Kier molecular flexibility index (Phi) is 5.31. The van der Waals surface area contributed by atoms with E-state index in [9.17, 15) is 12.8 Å². The van der Waals surface area contributed by atoms with Gasteiger partial charge in [0, 0.05) is 38.5 Å². The van der Waals surface area contributed by atoms with Gasteiger partial charge in [0.2, 0.25) is 10.0 Å². The van der Waals surface area contributed by atoms with Crippen LogP contribution in [-0.2, 0) is 14.8 Å². The van der Waals surface area contributed by atoms with Crippen LogP contribution in [-0.4, -0.2) is 62.4 Å². The van der Waals surface area contributed by atoms with Crippen molar-refractivity contribution in [3.05, 3.63) is 36.4 Å². The molecule has 1 saturated heterocycles. The lowest BCUT2D eigenvalue weighted by molar-refractivity contribution is 0.182. The van der Waals surface area contributed by atoms with Crippen molar-refractivity contribution in [3.8, 4) is 17.1 Å². The quantitative estimate of drug-likeness (QED) is 0.760. The fourth-order valence-electron chi connectivity index (χ4n) is 3.07. The monoisotopic (exact) mass is 383 g/mol. The standard InChI is InChI=1S/C17H22FN3O4S/c1-20(2)26(22,23)11-12-9-25-10-16(12)21-7-6-19-17(21)14-5-4-13(24-3)8-15(14)18/h4-8,12,16H,9-11H2,1-3H3/t12-,16-/m1/s1. The van der Waals surface area contributed by atoms with Gasteiger partial charge in [0.25, 0.3) is 0 Å². The van der Waals surface area contributed by atoms with Crippen molar-refractivity contribution in [2.75, 3.05) is 40.2 Å². The highest BCUT2D eigenvalue weighted by molar-refractivity contribution is 7.89. The molecule has 2 aromatic rings. The van der Waals surface area contributed by atoms with Gasteiger partial charge in [-0.2, -0.15) is 0 Å². The van der Waals surface area contributed by atoms with E-state index in [0.717, 1.165) is 0 Å². The normalized spacial score (nSPS) is 20.7. The number of rotatable bonds is 6. The van der Waals surface area contributed by atoms with E-state index in [-0.39, 0.29) is 17.7 Å². The highest BCUT2D eigenvalue weighted by Crippen LogP contribution is 2.33. The van der Waals surface area contributed by atoms with Gasteiger partial charge < -0.3 is 14.0 Å². The predicted molar refractivity (Wildman–Crippen MR) is 95.0 cm³/mol. The third-order valence-corrected chi connectivity index (χ3v) is 6.55. The summed E-state index contributed by atoms with van der Waals surface area (Å²) in [6.45, 7) is 0.690. The molecule has 0 bridgehead atoms. The molecular weight excluding hydrogens is 361 g/mol. The Hall–Kier alpha value is -1.97. The van der Waals surface area contributed by atoms with Gasteiger partial charge in [0.15, 0.2) is 0 Å². The van der Waals surface area contributed by atoms with E-state index in [0.29, 0.717) is 30.4 Å². The number of halogens is 1. The molecule has 0 saturated carbocycles. The second-order valence-corrected chi connectivity index (χ2v) is 8.66. The van der Waals surface area contributed by atoms with Crippen LogP contribution in [0.1, 0.15) is 6.04 Å². The molecule has 1 aromatic carbocycles. The van der Waals surface area contributed by atoms with Crippen molar-refractivity contribution in [3.63, 3.8) is 0 Å². The zero-order chi connectivity index (χ0) is 18.9. The molecule has 0 spiro atoms. The number of methoxy groups -OCH3 is 1. The summed E-state index contributed by atoms with van der Waals surface area (Å²) >= 11 is 0. The van der Waals surface area contributed by atoms with Gasteiger partial charge in [0.05, 0.1) is 37.7 Å². The van der Waals surface area contributed by atoms with Gasteiger partial charge in [0.1, 0.15) is 17.4 Å². The molecule has 9 heteroatoms. The average molecular weight is 383 g/mol. The summed E-state index contributed by atoms with van der Waals surface area (Å²) < 4.78 is 52.6. The van der Waals surface area contributed by atoms with E-state index in [1.54, 1.807) is 29.1 Å². The third-order valence-electron chi connectivity index (χ3n) is 4.59. The molecule has 7 nitrogen and oxygen atoms in total. The molecule has 0 aliphatic carbocycles. The first kappa shape index (κ1) is 18.8. The van der Waals surface area contributed by atoms with Crippen LogP contribution in [0.5, 0.6) is 5.75 Å². The summed E-state index contributed by atoms with van der Waals surface area (Å²) in [5, 5.41) is 0. The van der Waals surface area contributed by atoms with Crippen molar-refractivity contribution in [1.29, 1.82) is 0 Å². The molecule has 1 fully saturated rings.